The molecule has 0 heterocycles. The molecule has 0 aromatic heterocycles. The van der Waals surface area contributed by atoms with E-state index in [-0.39, 0.29) is 11.8 Å². The van der Waals surface area contributed by atoms with Gasteiger partial charge in [0.25, 0.3) is 0 Å². The zero-order valence-electron chi connectivity index (χ0n) is 9.74. The molecule has 1 amide bonds. The number of carbonyl (C=O) groups is 1. The highest BCUT2D eigenvalue weighted by Crippen LogP contribution is 2.27. The Labute approximate surface area is 102 Å². The molecule has 0 aliphatic heterocycles. The van der Waals surface area contributed by atoms with Crippen LogP contribution in [-0.4, -0.2) is 5.91 Å². The highest BCUT2D eigenvalue weighted by Gasteiger charge is 2.15. The Bertz CT molecular complexity index is 345. The molecule has 0 fully saturated rings. The van der Waals surface area contributed by atoms with Crippen molar-refractivity contribution >= 4 is 17.5 Å². The quantitative estimate of drug-likeness (QED) is 0.842. The summed E-state index contributed by atoms with van der Waals surface area (Å²) in [4.78, 5) is 11.0. The summed E-state index contributed by atoms with van der Waals surface area (Å²) in [5.41, 5.74) is 6.41. The first kappa shape index (κ1) is 13.0. The fourth-order valence-electron chi connectivity index (χ4n) is 1.88. The van der Waals surface area contributed by atoms with E-state index < -0.39 is 0 Å². The van der Waals surface area contributed by atoms with Crippen molar-refractivity contribution < 1.29 is 4.79 Å². The zero-order valence-corrected chi connectivity index (χ0v) is 10.5. The lowest BCUT2D eigenvalue weighted by Gasteiger charge is -2.18. The molecule has 1 unspecified atom stereocenters. The number of halogens is 1. The van der Waals surface area contributed by atoms with Gasteiger partial charge in [-0.1, -0.05) is 37.6 Å². The molecule has 2 N–H and O–H groups in total. The number of nitrogens with two attached hydrogens (primary N) is 1. The van der Waals surface area contributed by atoms with Gasteiger partial charge in [0.1, 0.15) is 0 Å². The van der Waals surface area contributed by atoms with Crippen LogP contribution in [0.2, 0.25) is 5.02 Å². The number of amides is 1. The van der Waals surface area contributed by atoms with Crippen molar-refractivity contribution in [1.82, 2.24) is 0 Å². The minimum Gasteiger partial charge on any atom is -0.370 e. The van der Waals surface area contributed by atoms with E-state index in [9.17, 15) is 4.79 Å². The molecular weight excluding hydrogens is 222 g/mol. The number of hydrogen-bond donors (Lipinski definition) is 1. The highest BCUT2D eigenvalue weighted by molar-refractivity contribution is 6.30. The number of carbonyl (C=O) groups excluding carboxylic acids is 1. The third kappa shape index (κ3) is 4.23. The first-order valence-electron chi connectivity index (χ1n) is 5.52. The van der Waals surface area contributed by atoms with Crippen molar-refractivity contribution in [2.45, 2.75) is 32.6 Å². The van der Waals surface area contributed by atoms with Gasteiger partial charge in [-0.2, -0.15) is 0 Å². The fourth-order valence-corrected chi connectivity index (χ4v) is 2.01. The van der Waals surface area contributed by atoms with E-state index in [1.54, 1.807) is 0 Å². The fraction of sp³-hybridized carbons (Fsp3) is 0.462. The lowest BCUT2D eigenvalue weighted by molar-refractivity contribution is -0.118. The predicted octanol–water partition coefficient (Wildman–Crippen LogP) is 3.35. The molecule has 0 saturated heterocycles. The van der Waals surface area contributed by atoms with Crippen LogP contribution in [0.15, 0.2) is 24.3 Å². The van der Waals surface area contributed by atoms with Crippen LogP contribution in [0, 0.1) is 5.92 Å². The van der Waals surface area contributed by atoms with Crippen molar-refractivity contribution in [2.75, 3.05) is 0 Å². The van der Waals surface area contributed by atoms with Crippen LogP contribution in [0.1, 0.15) is 38.2 Å². The third-order valence-electron chi connectivity index (χ3n) is 2.54. The molecule has 2 nitrogen and oxygen atoms in total. The van der Waals surface area contributed by atoms with Crippen LogP contribution >= 0.6 is 11.6 Å². The van der Waals surface area contributed by atoms with Crippen LogP contribution in [-0.2, 0) is 4.79 Å². The molecule has 88 valence electrons. The van der Waals surface area contributed by atoms with Gasteiger partial charge in [-0.3, -0.25) is 4.79 Å². The topological polar surface area (TPSA) is 43.1 Å². The summed E-state index contributed by atoms with van der Waals surface area (Å²) in [6.45, 7) is 4.29. The van der Waals surface area contributed by atoms with Gasteiger partial charge in [-0.25, -0.2) is 0 Å². The predicted molar refractivity (Wildman–Crippen MR) is 67.5 cm³/mol. The van der Waals surface area contributed by atoms with Crippen molar-refractivity contribution in [3.05, 3.63) is 34.9 Å². The van der Waals surface area contributed by atoms with E-state index in [0.717, 1.165) is 12.0 Å². The lowest BCUT2D eigenvalue weighted by atomic mass is 9.87. The minimum atomic E-state index is -0.249. The van der Waals surface area contributed by atoms with E-state index in [2.05, 4.69) is 13.8 Å². The van der Waals surface area contributed by atoms with Gasteiger partial charge in [-0.15, -0.1) is 0 Å². The second-order valence-corrected chi connectivity index (χ2v) is 4.98. The first-order valence-corrected chi connectivity index (χ1v) is 5.90. The molecule has 1 aromatic rings. The van der Waals surface area contributed by atoms with Gasteiger partial charge >= 0.3 is 0 Å². The molecular formula is C13H18ClNO. The van der Waals surface area contributed by atoms with Gasteiger partial charge in [-0.05, 0) is 36.0 Å². The van der Waals surface area contributed by atoms with E-state index in [4.69, 9.17) is 17.3 Å². The van der Waals surface area contributed by atoms with Gasteiger partial charge in [0.15, 0.2) is 0 Å². The van der Waals surface area contributed by atoms with Gasteiger partial charge in [0, 0.05) is 11.4 Å². The Morgan fingerprint density at radius 1 is 1.31 bits per heavy atom. The molecule has 1 rings (SSSR count). The van der Waals surface area contributed by atoms with E-state index in [1.165, 1.54) is 0 Å². The van der Waals surface area contributed by atoms with Gasteiger partial charge in [0.05, 0.1) is 0 Å². The zero-order chi connectivity index (χ0) is 12.1. The number of benzene rings is 1. The number of hydrogen-bond acceptors (Lipinski definition) is 1. The standard InChI is InChI=1S/C13H18ClNO/c1-9(2)7-11(8-13(15)16)10-3-5-12(14)6-4-10/h3-6,9,11H,7-8H2,1-2H3,(H2,15,16). The SMILES string of the molecule is CC(C)CC(CC(N)=O)c1ccc(Cl)cc1. The second kappa shape index (κ2) is 5.90. The lowest BCUT2D eigenvalue weighted by Crippen LogP contribution is -2.16. The summed E-state index contributed by atoms with van der Waals surface area (Å²) >= 11 is 5.84. The maximum Gasteiger partial charge on any atom is 0.218 e. The third-order valence-corrected chi connectivity index (χ3v) is 2.80. The molecule has 0 bridgehead atoms. The van der Waals surface area contributed by atoms with Crippen LogP contribution in [0.25, 0.3) is 0 Å². The van der Waals surface area contributed by atoms with Gasteiger partial charge in [0.2, 0.25) is 5.91 Å². The molecule has 16 heavy (non-hydrogen) atoms. The molecule has 0 aliphatic carbocycles. The largest absolute Gasteiger partial charge is 0.370 e. The van der Waals surface area contributed by atoms with Crippen LogP contribution in [0.5, 0.6) is 0 Å². The Morgan fingerprint density at radius 2 is 1.88 bits per heavy atom. The molecule has 1 aromatic carbocycles. The number of rotatable bonds is 5. The molecule has 1 atom stereocenters. The summed E-state index contributed by atoms with van der Waals surface area (Å²) in [5, 5.41) is 0.714. The van der Waals surface area contributed by atoms with Crippen molar-refractivity contribution in [1.29, 1.82) is 0 Å². The molecule has 0 radical (unpaired) electrons. The summed E-state index contributed by atoms with van der Waals surface area (Å²) in [6.07, 6.45) is 1.37. The Balaban J connectivity index is 2.82. The van der Waals surface area contributed by atoms with E-state index in [0.29, 0.717) is 17.4 Å². The minimum absolute atomic E-state index is 0.203. The van der Waals surface area contributed by atoms with Crippen LogP contribution < -0.4 is 5.73 Å². The number of primary amides is 1. The van der Waals surface area contributed by atoms with E-state index in [1.807, 2.05) is 24.3 Å². The maximum atomic E-state index is 11.0. The summed E-state index contributed by atoms with van der Waals surface area (Å²) < 4.78 is 0. The van der Waals surface area contributed by atoms with Crippen LogP contribution in [0.4, 0.5) is 0 Å². The van der Waals surface area contributed by atoms with Crippen molar-refractivity contribution in [3.8, 4) is 0 Å². The smallest absolute Gasteiger partial charge is 0.218 e. The van der Waals surface area contributed by atoms with E-state index >= 15 is 0 Å². The average Bonchev–Trinajstić information content (AvgIpc) is 2.16. The first-order chi connectivity index (χ1) is 7.49. The highest BCUT2D eigenvalue weighted by atomic mass is 35.5. The molecule has 0 saturated carbocycles. The molecule has 3 heteroatoms. The second-order valence-electron chi connectivity index (χ2n) is 4.55. The van der Waals surface area contributed by atoms with Crippen molar-refractivity contribution in [2.24, 2.45) is 11.7 Å². The Morgan fingerprint density at radius 3 is 2.31 bits per heavy atom. The summed E-state index contributed by atoms with van der Waals surface area (Å²) in [5.74, 6) is 0.496. The summed E-state index contributed by atoms with van der Waals surface area (Å²) in [7, 11) is 0. The normalized spacial score (nSPS) is 12.8. The van der Waals surface area contributed by atoms with Gasteiger partial charge < -0.3 is 5.73 Å². The average molecular weight is 240 g/mol. The monoisotopic (exact) mass is 239 g/mol. The molecule has 0 spiro atoms. The Kier molecular flexibility index (Phi) is 4.81. The summed E-state index contributed by atoms with van der Waals surface area (Å²) in [6, 6.07) is 7.65. The van der Waals surface area contributed by atoms with Crippen LogP contribution in [0.3, 0.4) is 0 Å². The Hall–Kier alpha value is -1.02. The molecule has 0 aliphatic rings. The van der Waals surface area contributed by atoms with Crippen molar-refractivity contribution in [3.63, 3.8) is 0 Å². The maximum absolute atomic E-state index is 11.0.